The van der Waals surface area contributed by atoms with Crippen molar-refractivity contribution in [1.82, 2.24) is 10.2 Å². The second-order valence-corrected chi connectivity index (χ2v) is 4.31. The number of hydrogen-bond acceptors (Lipinski definition) is 4. The number of halogens is 4. The Kier molecular flexibility index (Phi) is 8.12. The standard InChI is InChI=1S/C12H16F2N2O2.2ClH/c13-12(14)11(16-5-3-15-4-6-16)8-1-2-9(17)10(18)7-8;;/h1-2,7,11-12,15,17-18H,3-6H2;2*1H/t11-;;/m1../s1. The van der Waals surface area contributed by atoms with Crippen LogP contribution in [0.4, 0.5) is 8.78 Å². The van der Waals surface area contributed by atoms with Crippen molar-refractivity contribution in [1.29, 1.82) is 0 Å². The lowest BCUT2D eigenvalue weighted by Crippen LogP contribution is -2.46. The molecule has 8 heteroatoms. The molecule has 1 heterocycles. The highest BCUT2D eigenvalue weighted by Crippen LogP contribution is 2.33. The number of nitrogens with one attached hydrogen (secondary N) is 1. The Labute approximate surface area is 128 Å². The lowest BCUT2D eigenvalue weighted by Gasteiger charge is -2.34. The number of aromatic hydroxyl groups is 2. The summed E-state index contributed by atoms with van der Waals surface area (Å²) in [5.41, 5.74) is 0.321. The molecule has 0 unspecified atom stereocenters. The van der Waals surface area contributed by atoms with Crippen LogP contribution >= 0.6 is 24.8 Å². The lowest BCUT2D eigenvalue weighted by molar-refractivity contribution is 0.0181. The van der Waals surface area contributed by atoms with Crippen LogP contribution in [0.1, 0.15) is 11.6 Å². The smallest absolute Gasteiger partial charge is 0.258 e. The molecule has 4 nitrogen and oxygen atoms in total. The van der Waals surface area contributed by atoms with E-state index in [2.05, 4.69) is 5.32 Å². The van der Waals surface area contributed by atoms with Gasteiger partial charge in [-0.1, -0.05) is 6.07 Å². The minimum absolute atomic E-state index is 0. The topological polar surface area (TPSA) is 55.7 Å². The van der Waals surface area contributed by atoms with E-state index in [1.807, 2.05) is 0 Å². The van der Waals surface area contributed by atoms with Gasteiger partial charge in [0.25, 0.3) is 6.43 Å². The minimum Gasteiger partial charge on any atom is -0.504 e. The number of phenolic OH excluding ortho intramolecular Hbond substituents is 2. The van der Waals surface area contributed by atoms with Gasteiger partial charge in [-0.25, -0.2) is 8.78 Å². The van der Waals surface area contributed by atoms with Crippen LogP contribution in [0.3, 0.4) is 0 Å². The summed E-state index contributed by atoms with van der Waals surface area (Å²) in [4.78, 5) is 1.69. The van der Waals surface area contributed by atoms with Gasteiger partial charge in [0.05, 0.1) is 6.04 Å². The summed E-state index contributed by atoms with van der Waals surface area (Å²) in [6.07, 6.45) is -2.54. The highest BCUT2D eigenvalue weighted by molar-refractivity contribution is 5.85. The molecule has 0 saturated carbocycles. The van der Waals surface area contributed by atoms with Gasteiger partial charge in [-0.15, -0.1) is 24.8 Å². The van der Waals surface area contributed by atoms with Crippen molar-refractivity contribution in [3.05, 3.63) is 23.8 Å². The first-order valence-corrected chi connectivity index (χ1v) is 5.84. The molecule has 20 heavy (non-hydrogen) atoms. The van der Waals surface area contributed by atoms with Gasteiger partial charge in [0, 0.05) is 26.2 Å². The summed E-state index contributed by atoms with van der Waals surface area (Å²) in [5, 5.41) is 21.7. The van der Waals surface area contributed by atoms with E-state index in [4.69, 9.17) is 0 Å². The Morgan fingerprint density at radius 2 is 1.65 bits per heavy atom. The first-order valence-electron chi connectivity index (χ1n) is 5.84. The van der Waals surface area contributed by atoms with Crippen molar-refractivity contribution in [3.8, 4) is 11.5 Å². The van der Waals surface area contributed by atoms with Crippen LogP contribution in [0.2, 0.25) is 0 Å². The van der Waals surface area contributed by atoms with Crippen LogP contribution in [-0.4, -0.2) is 47.7 Å². The quantitative estimate of drug-likeness (QED) is 0.743. The van der Waals surface area contributed by atoms with Crippen molar-refractivity contribution >= 4 is 24.8 Å². The first kappa shape index (κ1) is 19.2. The molecule has 0 bridgehead atoms. The molecule has 1 aromatic carbocycles. The van der Waals surface area contributed by atoms with E-state index in [1.165, 1.54) is 18.2 Å². The van der Waals surface area contributed by atoms with Gasteiger partial charge in [-0.05, 0) is 17.7 Å². The van der Waals surface area contributed by atoms with Crippen molar-refractivity contribution in [2.45, 2.75) is 12.5 Å². The molecule has 1 aromatic rings. The maximum atomic E-state index is 13.2. The second kappa shape index (κ2) is 8.46. The summed E-state index contributed by atoms with van der Waals surface area (Å²) in [6.45, 7) is 2.42. The maximum absolute atomic E-state index is 13.2. The molecule has 0 spiro atoms. The van der Waals surface area contributed by atoms with Gasteiger partial charge in [-0.3, -0.25) is 4.90 Å². The van der Waals surface area contributed by atoms with Gasteiger partial charge < -0.3 is 15.5 Å². The third-order valence-electron chi connectivity index (χ3n) is 3.12. The molecule has 3 N–H and O–H groups in total. The molecule has 0 aromatic heterocycles. The largest absolute Gasteiger partial charge is 0.504 e. The average molecular weight is 331 g/mol. The molecule has 1 aliphatic heterocycles. The Morgan fingerprint density at radius 1 is 1.05 bits per heavy atom. The average Bonchev–Trinajstić information content (AvgIpc) is 2.35. The molecule has 1 fully saturated rings. The highest BCUT2D eigenvalue weighted by atomic mass is 35.5. The van der Waals surface area contributed by atoms with Crippen LogP contribution in [0, 0.1) is 0 Å². The van der Waals surface area contributed by atoms with Crippen molar-refractivity contribution in [3.63, 3.8) is 0 Å². The van der Waals surface area contributed by atoms with E-state index in [9.17, 15) is 19.0 Å². The summed E-state index contributed by atoms with van der Waals surface area (Å²) in [7, 11) is 0. The number of rotatable bonds is 3. The van der Waals surface area contributed by atoms with Gasteiger partial charge in [0.2, 0.25) is 0 Å². The van der Waals surface area contributed by atoms with Crippen molar-refractivity contribution in [2.75, 3.05) is 26.2 Å². The number of hydrogen-bond donors (Lipinski definition) is 3. The predicted octanol–water partition coefficient (Wildman–Crippen LogP) is 2.15. The fourth-order valence-electron chi connectivity index (χ4n) is 2.20. The van der Waals surface area contributed by atoms with E-state index >= 15 is 0 Å². The summed E-state index contributed by atoms with van der Waals surface area (Å²) in [6, 6.07) is 2.82. The van der Waals surface area contributed by atoms with E-state index in [1.54, 1.807) is 4.90 Å². The molecule has 1 aliphatic rings. The molecule has 0 aliphatic carbocycles. The van der Waals surface area contributed by atoms with E-state index < -0.39 is 12.5 Å². The number of benzene rings is 1. The minimum atomic E-state index is -2.54. The lowest BCUT2D eigenvalue weighted by atomic mass is 10.0. The molecular formula is C12H18Cl2F2N2O2. The van der Waals surface area contributed by atoms with E-state index in [0.29, 0.717) is 31.7 Å². The van der Waals surface area contributed by atoms with Crippen LogP contribution in [0.5, 0.6) is 11.5 Å². The third-order valence-corrected chi connectivity index (χ3v) is 3.12. The zero-order chi connectivity index (χ0) is 13.1. The van der Waals surface area contributed by atoms with Crippen LogP contribution < -0.4 is 5.32 Å². The van der Waals surface area contributed by atoms with Crippen molar-refractivity contribution in [2.24, 2.45) is 0 Å². The van der Waals surface area contributed by atoms with Crippen LogP contribution in [0.25, 0.3) is 0 Å². The zero-order valence-corrected chi connectivity index (χ0v) is 12.3. The fourth-order valence-corrected chi connectivity index (χ4v) is 2.20. The van der Waals surface area contributed by atoms with Gasteiger partial charge in [0.1, 0.15) is 0 Å². The molecule has 1 atom stereocenters. The molecule has 0 amide bonds. The van der Waals surface area contributed by atoms with Gasteiger partial charge in [-0.2, -0.15) is 0 Å². The van der Waals surface area contributed by atoms with Crippen molar-refractivity contribution < 1.29 is 19.0 Å². The van der Waals surface area contributed by atoms with E-state index in [0.717, 1.165) is 0 Å². The summed E-state index contributed by atoms with van der Waals surface area (Å²) in [5.74, 6) is -0.666. The zero-order valence-electron chi connectivity index (χ0n) is 10.6. The second-order valence-electron chi connectivity index (χ2n) is 4.31. The Balaban J connectivity index is 0.00000180. The molecule has 2 rings (SSSR count). The van der Waals surface area contributed by atoms with Crippen LogP contribution in [-0.2, 0) is 0 Å². The highest BCUT2D eigenvalue weighted by Gasteiger charge is 2.30. The normalized spacial score (nSPS) is 17.1. The van der Waals surface area contributed by atoms with Crippen LogP contribution in [0.15, 0.2) is 18.2 Å². The number of nitrogens with zero attached hydrogens (tertiary/aromatic N) is 1. The Hall–Kier alpha value is -0.820. The molecule has 116 valence electrons. The Morgan fingerprint density at radius 3 is 2.15 bits per heavy atom. The third kappa shape index (κ3) is 4.34. The SMILES string of the molecule is Cl.Cl.Oc1ccc([C@H](C(F)F)N2CCNCC2)cc1O. The monoisotopic (exact) mass is 330 g/mol. The van der Waals surface area contributed by atoms with E-state index in [-0.39, 0.29) is 36.3 Å². The Bertz CT molecular complexity index is 418. The fraction of sp³-hybridized carbons (Fsp3) is 0.500. The van der Waals surface area contributed by atoms with Gasteiger partial charge >= 0.3 is 0 Å². The van der Waals surface area contributed by atoms with Gasteiger partial charge in [0.15, 0.2) is 11.5 Å². The first-order chi connectivity index (χ1) is 8.59. The maximum Gasteiger partial charge on any atom is 0.258 e. The number of phenols is 2. The number of piperazine rings is 1. The molecular weight excluding hydrogens is 313 g/mol. The predicted molar refractivity (Wildman–Crippen MR) is 77.5 cm³/mol. The molecule has 0 radical (unpaired) electrons. The molecule has 1 saturated heterocycles. The summed E-state index contributed by atoms with van der Waals surface area (Å²) >= 11 is 0. The summed E-state index contributed by atoms with van der Waals surface area (Å²) < 4.78 is 26.4. The number of alkyl halides is 2.